The van der Waals surface area contributed by atoms with Gasteiger partial charge in [0.15, 0.2) is 17.3 Å². The zero-order chi connectivity index (χ0) is 33.2. The number of hydrogen-bond acceptors (Lipinski definition) is 11. The van der Waals surface area contributed by atoms with Gasteiger partial charge in [0.25, 0.3) is 5.91 Å². The highest BCUT2D eigenvalue weighted by atomic mass is 35.5. The van der Waals surface area contributed by atoms with Crippen molar-refractivity contribution in [3.63, 3.8) is 0 Å². The van der Waals surface area contributed by atoms with Crippen LogP contribution in [0.3, 0.4) is 0 Å². The van der Waals surface area contributed by atoms with Crippen LogP contribution in [0.1, 0.15) is 37.6 Å². The summed E-state index contributed by atoms with van der Waals surface area (Å²) in [7, 11) is 4.06. The number of nitrogens with one attached hydrogen (secondary N) is 6. The van der Waals surface area contributed by atoms with E-state index in [0.29, 0.717) is 30.8 Å². The Morgan fingerprint density at radius 2 is 1.76 bits per heavy atom. The van der Waals surface area contributed by atoms with Gasteiger partial charge in [-0.25, -0.2) is 5.54 Å². The summed E-state index contributed by atoms with van der Waals surface area (Å²) in [6.45, 7) is 6.52. The molecule has 0 fully saturated rings. The first-order chi connectivity index (χ1) is 22.1. The number of amides is 1. The summed E-state index contributed by atoms with van der Waals surface area (Å²) >= 11 is 8.03. The largest absolute Gasteiger partial charge is 0.394 e. The summed E-state index contributed by atoms with van der Waals surface area (Å²) in [5.74, 6) is 0.259. The van der Waals surface area contributed by atoms with Crippen LogP contribution in [0.4, 0.5) is 39.1 Å². The van der Waals surface area contributed by atoms with Gasteiger partial charge in [0.05, 0.1) is 23.2 Å². The minimum Gasteiger partial charge on any atom is -0.394 e. The van der Waals surface area contributed by atoms with Crippen molar-refractivity contribution in [2.45, 2.75) is 44.2 Å². The summed E-state index contributed by atoms with van der Waals surface area (Å²) in [4.78, 5) is 24.9. The average molecular weight is 670 g/mol. The third-order valence-electron chi connectivity index (χ3n) is 6.99. The third-order valence-corrected chi connectivity index (χ3v) is 8.22. The molecular formula is C32H41ClFN9O2S. The monoisotopic (exact) mass is 669 g/mol. The molecule has 1 amide bonds. The highest BCUT2D eigenvalue weighted by Gasteiger charge is 2.19. The maximum Gasteiger partial charge on any atom is 0.252 e. The average Bonchev–Trinajstić information content (AvgIpc) is 3.02. The Morgan fingerprint density at radius 3 is 2.43 bits per heavy atom. The van der Waals surface area contributed by atoms with Crippen molar-refractivity contribution >= 4 is 74.9 Å². The van der Waals surface area contributed by atoms with E-state index in [2.05, 4.69) is 65.1 Å². The Hall–Kier alpha value is -4.04. The van der Waals surface area contributed by atoms with Crippen molar-refractivity contribution in [3.8, 4) is 0 Å². The first kappa shape index (κ1) is 34.8. The standard InChI is InChI=1S/C32H41ClFN9O2S/c1-6-20(18-44)39-32-40-29(37-19(2)3)28(42-34)30(41-32)38-21-13-14-24(25(33)17-21)31(45)35-15-16-36-46-27-12-8-9-22-23(27)10-7-11-26(22)43(4)5/h7-14,17,19-20,36,42,44H,6,15-16,18H2,1-5H3,(H,35,45)(H3,37,38,39,40,41)/t20-/m1/s1. The number of carbonyl (C=O) groups excluding carboxylic acids is 1. The summed E-state index contributed by atoms with van der Waals surface area (Å²) < 4.78 is 17.3. The second-order valence-corrected chi connectivity index (χ2v) is 12.4. The van der Waals surface area contributed by atoms with E-state index in [0.717, 1.165) is 16.0 Å². The number of hydrogen-bond donors (Lipinski definition) is 7. The van der Waals surface area contributed by atoms with Crippen LogP contribution >= 0.6 is 23.5 Å². The zero-order valence-electron chi connectivity index (χ0n) is 26.5. The second kappa shape index (κ2) is 16.5. The van der Waals surface area contributed by atoms with Gasteiger partial charge in [0.1, 0.15) is 0 Å². The minimum absolute atomic E-state index is 0.00116. The fourth-order valence-electron chi connectivity index (χ4n) is 4.65. The molecule has 0 aliphatic carbocycles. The van der Waals surface area contributed by atoms with Crippen molar-refractivity contribution in [3.05, 3.63) is 65.2 Å². The summed E-state index contributed by atoms with van der Waals surface area (Å²) in [5.41, 5.74) is 3.61. The summed E-state index contributed by atoms with van der Waals surface area (Å²) in [6, 6.07) is 17.0. The van der Waals surface area contributed by atoms with Crippen LogP contribution in [0.5, 0.6) is 0 Å². The molecule has 0 spiro atoms. The molecule has 0 saturated carbocycles. The number of benzene rings is 3. The van der Waals surface area contributed by atoms with Crippen LogP contribution in [-0.2, 0) is 0 Å². The first-order valence-corrected chi connectivity index (χ1v) is 16.2. The van der Waals surface area contributed by atoms with Crippen LogP contribution in [-0.4, -0.2) is 66.9 Å². The molecule has 0 bridgehead atoms. The van der Waals surface area contributed by atoms with Crippen LogP contribution in [0.15, 0.2) is 59.5 Å². The van der Waals surface area contributed by atoms with Gasteiger partial charge in [-0.2, -0.15) is 9.97 Å². The molecule has 3 aromatic carbocycles. The van der Waals surface area contributed by atoms with E-state index >= 15 is 0 Å². The quantitative estimate of drug-likeness (QED) is 0.0404. The van der Waals surface area contributed by atoms with E-state index in [9.17, 15) is 14.4 Å². The fourth-order valence-corrected chi connectivity index (χ4v) is 5.71. The van der Waals surface area contributed by atoms with Crippen LogP contribution in [0, 0.1) is 0 Å². The number of fused-ring (bicyclic) bond motifs is 1. The number of halogens is 2. The Bertz CT molecular complexity index is 1640. The molecule has 4 aromatic rings. The van der Waals surface area contributed by atoms with Gasteiger partial charge < -0.3 is 31.3 Å². The number of nitrogens with zero attached hydrogens (tertiary/aromatic N) is 3. The number of aromatic nitrogens is 2. The molecule has 11 nitrogen and oxygen atoms in total. The molecule has 46 heavy (non-hydrogen) atoms. The van der Waals surface area contributed by atoms with Crippen molar-refractivity contribution in [2.24, 2.45) is 0 Å². The number of aliphatic hydroxyl groups is 1. The SMILES string of the molecule is CC[C@H](CO)Nc1nc(Nc2ccc(C(=O)NCCNSc3cccc4c(N(C)C)cccc34)c(Cl)c2)c(NF)c(NC(C)C)n1. The summed E-state index contributed by atoms with van der Waals surface area (Å²) in [6.07, 6.45) is 0.634. The van der Waals surface area contributed by atoms with E-state index < -0.39 is 0 Å². The molecule has 14 heteroatoms. The predicted molar refractivity (Wildman–Crippen MR) is 190 cm³/mol. The lowest BCUT2D eigenvalue weighted by atomic mass is 10.1. The van der Waals surface area contributed by atoms with Crippen molar-refractivity contribution in [1.29, 1.82) is 0 Å². The van der Waals surface area contributed by atoms with E-state index in [1.807, 2.05) is 47.0 Å². The van der Waals surface area contributed by atoms with Crippen LogP contribution in [0.2, 0.25) is 5.02 Å². The smallest absolute Gasteiger partial charge is 0.252 e. The van der Waals surface area contributed by atoms with Crippen molar-refractivity contribution in [2.75, 3.05) is 60.2 Å². The molecular weight excluding hydrogens is 629 g/mol. The van der Waals surface area contributed by atoms with E-state index in [1.165, 1.54) is 17.3 Å². The number of rotatable bonds is 16. The molecule has 1 atom stereocenters. The van der Waals surface area contributed by atoms with E-state index in [-0.39, 0.29) is 52.9 Å². The molecule has 0 aliphatic heterocycles. The van der Waals surface area contributed by atoms with Gasteiger partial charge in [0.2, 0.25) is 5.95 Å². The summed E-state index contributed by atoms with van der Waals surface area (Å²) in [5, 5.41) is 24.3. The predicted octanol–water partition coefficient (Wildman–Crippen LogP) is 6.42. The van der Waals surface area contributed by atoms with Crippen molar-refractivity contribution < 1.29 is 14.4 Å². The maximum absolute atomic E-state index is 14.0. The highest BCUT2D eigenvalue weighted by Crippen LogP contribution is 2.34. The normalized spacial score (nSPS) is 11.8. The lowest BCUT2D eigenvalue weighted by Crippen LogP contribution is -2.30. The molecule has 0 unspecified atom stereocenters. The lowest BCUT2D eigenvalue weighted by Gasteiger charge is -2.20. The molecule has 4 rings (SSSR count). The second-order valence-electron chi connectivity index (χ2n) is 11.0. The Kier molecular flexibility index (Phi) is 12.5. The van der Waals surface area contributed by atoms with E-state index in [4.69, 9.17) is 11.6 Å². The maximum atomic E-state index is 14.0. The van der Waals surface area contributed by atoms with Gasteiger partial charge in [-0.15, -0.1) is 4.48 Å². The van der Waals surface area contributed by atoms with Gasteiger partial charge in [-0.3, -0.25) is 9.52 Å². The molecule has 246 valence electrons. The third kappa shape index (κ3) is 8.81. The molecule has 0 radical (unpaired) electrons. The number of aliphatic hydroxyl groups excluding tert-OH is 1. The molecule has 1 aromatic heterocycles. The van der Waals surface area contributed by atoms with Crippen LogP contribution in [0.25, 0.3) is 10.8 Å². The van der Waals surface area contributed by atoms with Gasteiger partial charge in [-0.1, -0.05) is 42.8 Å². The number of carbonyl (C=O) groups is 1. The first-order valence-electron chi connectivity index (χ1n) is 15.0. The zero-order valence-corrected chi connectivity index (χ0v) is 28.1. The highest BCUT2D eigenvalue weighted by molar-refractivity contribution is 7.97. The molecule has 0 saturated heterocycles. The molecule has 1 heterocycles. The van der Waals surface area contributed by atoms with Crippen LogP contribution < -0.4 is 36.4 Å². The van der Waals surface area contributed by atoms with Gasteiger partial charge in [-0.05, 0) is 67.9 Å². The van der Waals surface area contributed by atoms with E-state index in [1.54, 1.807) is 23.7 Å². The molecule has 0 aliphatic rings. The Labute approximate surface area is 278 Å². The number of anilines is 6. The minimum atomic E-state index is -0.318. The lowest BCUT2D eigenvalue weighted by molar-refractivity contribution is 0.0954. The van der Waals surface area contributed by atoms with Crippen molar-refractivity contribution in [1.82, 2.24) is 20.0 Å². The Balaban J connectivity index is 1.39. The van der Waals surface area contributed by atoms with Gasteiger partial charge in [0, 0.05) is 54.9 Å². The van der Waals surface area contributed by atoms with Gasteiger partial charge >= 0.3 is 0 Å². The molecule has 7 N–H and O–H groups in total. The fraction of sp³-hybridized carbons (Fsp3) is 0.344. The topological polar surface area (TPSA) is 138 Å². The Morgan fingerprint density at radius 1 is 1.02 bits per heavy atom.